The number of carboxylic acid groups (broad SMARTS) is 1. The number of amides is 1. The van der Waals surface area contributed by atoms with Gasteiger partial charge in [0.15, 0.2) is 0 Å². The van der Waals surface area contributed by atoms with Crippen molar-refractivity contribution in [2.24, 2.45) is 17.3 Å². The van der Waals surface area contributed by atoms with Crippen molar-refractivity contribution < 1.29 is 14.7 Å². The van der Waals surface area contributed by atoms with Gasteiger partial charge in [0, 0.05) is 19.0 Å². The molecule has 1 atom stereocenters. The van der Waals surface area contributed by atoms with Crippen molar-refractivity contribution in [3.63, 3.8) is 0 Å². The number of aliphatic carboxylic acids is 1. The average Bonchev–Trinajstić information content (AvgIpc) is 2.81. The first-order valence-corrected chi connectivity index (χ1v) is 7.47. The summed E-state index contributed by atoms with van der Waals surface area (Å²) in [5.41, 5.74) is 0.286. The molecular weight excluding hydrogens is 242 g/mol. The van der Waals surface area contributed by atoms with Gasteiger partial charge in [-0.25, -0.2) is 0 Å². The fraction of sp³-hybridized carbons (Fsp3) is 0.867. The minimum atomic E-state index is -0.703. The van der Waals surface area contributed by atoms with Crippen LogP contribution in [-0.2, 0) is 9.59 Å². The summed E-state index contributed by atoms with van der Waals surface area (Å²) in [7, 11) is 0. The van der Waals surface area contributed by atoms with Crippen LogP contribution in [0.1, 0.15) is 52.4 Å². The fourth-order valence-electron chi connectivity index (χ4n) is 3.35. The molecule has 0 aromatic heterocycles. The second kappa shape index (κ2) is 5.51. The smallest absolute Gasteiger partial charge is 0.306 e. The van der Waals surface area contributed by atoms with Crippen molar-refractivity contribution in [2.75, 3.05) is 13.1 Å². The summed E-state index contributed by atoms with van der Waals surface area (Å²) in [6, 6.07) is 0. The highest BCUT2D eigenvalue weighted by molar-refractivity contribution is 5.79. The Labute approximate surface area is 115 Å². The van der Waals surface area contributed by atoms with Crippen LogP contribution in [0.3, 0.4) is 0 Å². The third-order valence-corrected chi connectivity index (χ3v) is 5.15. The summed E-state index contributed by atoms with van der Waals surface area (Å²) < 4.78 is 0. The Morgan fingerprint density at radius 2 is 1.79 bits per heavy atom. The van der Waals surface area contributed by atoms with E-state index in [1.54, 1.807) is 0 Å². The van der Waals surface area contributed by atoms with Gasteiger partial charge in [-0.15, -0.1) is 0 Å². The molecule has 1 saturated heterocycles. The van der Waals surface area contributed by atoms with E-state index in [-0.39, 0.29) is 23.2 Å². The van der Waals surface area contributed by atoms with E-state index in [4.69, 9.17) is 5.11 Å². The summed E-state index contributed by atoms with van der Waals surface area (Å²) in [6.07, 6.45) is 5.02. The summed E-state index contributed by atoms with van der Waals surface area (Å²) in [5, 5.41) is 8.98. The normalized spacial score (nSPS) is 35.4. The van der Waals surface area contributed by atoms with Gasteiger partial charge in [-0.05, 0) is 43.9 Å². The molecule has 0 aromatic carbocycles. The molecule has 1 N–H and O–H groups in total. The van der Waals surface area contributed by atoms with Crippen molar-refractivity contribution >= 4 is 11.9 Å². The molecule has 1 aliphatic heterocycles. The van der Waals surface area contributed by atoms with Gasteiger partial charge in [-0.1, -0.05) is 13.8 Å². The quantitative estimate of drug-likeness (QED) is 0.855. The molecule has 4 nitrogen and oxygen atoms in total. The molecule has 108 valence electrons. The van der Waals surface area contributed by atoms with Crippen molar-refractivity contribution in [1.29, 1.82) is 0 Å². The topological polar surface area (TPSA) is 57.6 Å². The van der Waals surface area contributed by atoms with Crippen LogP contribution in [0.25, 0.3) is 0 Å². The van der Waals surface area contributed by atoms with E-state index in [0.29, 0.717) is 12.8 Å². The number of hydrogen-bond donors (Lipinski definition) is 1. The van der Waals surface area contributed by atoms with E-state index in [9.17, 15) is 9.59 Å². The first-order chi connectivity index (χ1) is 8.95. The van der Waals surface area contributed by atoms with Crippen LogP contribution >= 0.6 is 0 Å². The Morgan fingerprint density at radius 3 is 2.26 bits per heavy atom. The van der Waals surface area contributed by atoms with Gasteiger partial charge >= 0.3 is 5.97 Å². The SMILES string of the molecule is CCC1(C)CCN(C(=O)C2CCC(C(=O)O)CC2)C1. The maximum absolute atomic E-state index is 12.5. The zero-order valence-electron chi connectivity index (χ0n) is 12.0. The third kappa shape index (κ3) is 3.10. The zero-order valence-corrected chi connectivity index (χ0v) is 12.0. The monoisotopic (exact) mass is 267 g/mol. The van der Waals surface area contributed by atoms with Crippen molar-refractivity contribution in [3.05, 3.63) is 0 Å². The third-order valence-electron chi connectivity index (χ3n) is 5.15. The minimum Gasteiger partial charge on any atom is -0.481 e. The van der Waals surface area contributed by atoms with Crippen molar-refractivity contribution in [2.45, 2.75) is 52.4 Å². The van der Waals surface area contributed by atoms with Gasteiger partial charge in [-0.3, -0.25) is 9.59 Å². The molecule has 4 heteroatoms. The Kier molecular flexibility index (Phi) is 4.16. The van der Waals surface area contributed by atoms with E-state index < -0.39 is 5.97 Å². The Balaban J connectivity index is 1.87. The van der Waals surface area contributed by atoms with Crippen LogP contribution in [0, 0.1) is 17.3 Å². The summed E-state index contributed by atoms with van der Waals surface area (Å²) in [4.78, 5) is 25.4. The summed E-state index contributed by atoms with van der Waals surface area (Å²) >= 11 is 0. The molecule has 0 spiro atoms. The van der Waals surface area contributed by atoms with Gasteiger partial charge in [0.2, 0.25) is 5.91 Å². The van der Waals surface area contributed by atoms with Crippen LogP contribution in [0.2, 0.25) is 0 Å². The van der Waals surface area contributed by atoms with Gasteiger partial charge in [0.05, 0.1) is 5.92 Å². The van der Waals surface area contributed by atoms with Crippen LogP contribution in [0.4, 0.5) is 0 Å². The van der Waals surface area contributed by atoms with Gasteiger partial charge in [0.1, 0.15) is 0 Å². The van der Waals surface area contributed by atoms with E-state index in [2.05, 4.69) is 13.8 Å². The van der Waals surface area contributed by atoms with E-state index >= 15 is 0 Å². The number of nitrogens with zero attached hydrogens (tertiary/aromatic N) is 1. The van der Waals surface area contributed by atoms with E-state index in [0.717, 1.165) is 38.8 Å². The number of carbonyl (C=O) groups is 2. The summed E-state index contributed by atoms with van der Waals surface area (Å²) in [5.74, 6) is -0.606. The second-order valence-electron chi connectivity index (χ2n) is 6.56. The Hall–Kier alpha value is -1.06. The fourth-order valence-corrected chi connectivity index (χ4v) is 3.35. The lowest BCUT2D eigenvalue weighted by Crippen LogP contribution is -2.38. The maximum Gasteiger partial charge on any atom is 0.306 e. The molecule has 1 amide bonds. The molecule has 2 aliphatic rings. The highest BCUT2D eigenvalue weighted by atomic mass is 16.4. The number of likely N-dealkylation sites (tertiary alicyclic amines) is 1. The minimum absolute atomic E-state index is 0.0646. The molecule has 0 radical (unpaired) electrons. The predicted molar refractivity (Wildman–Crippen MR) is 72.7 cm³/mol. The summed E-state index contributed by atoms with van der Waals surface area (Å²) in [6.45, 7) is 6.19. The Bertz CT molecular complexity index is 360. The molecule has 1 aliphatic carbocycles. The first kappa shape index (κ1) is 14.4. The molecule has 2 fully saturated rings. The van der Waals surface area contributed by atoms with Crippen LogP contribution in [0.15, 0.2) is 0 Å². The van der Waals surface area contributed by atoms with E-state index in [1.807, 2.05) is 4.90 Å². The number of carboxylic acids is 1. The molecule has 1 heterocycles. The maximum atomic E-state index is 12.5. The molecule has 0 aromatic rings. The average molecular weight is 267 g/mol. The molecule has 1 unspecified atom stereocenters. The van der Waals surface area contributed by atoms with Crippen LogP contribution < -0.4 is 0 Å². The number of carbonyl (C=O) groups excluding carboxylic acids is 1. The molecule has 2 rings (SSSR count). The second-order valence-corrected chi connectivity index (χ2v) is 6.56. The lowest BCUT2D eigenvalue weighted by Gasteiger charge is -2.30. The van der Waals surface area contributed by atoms with Gasteiger partial charge in [0.25, 0.3) is 0 Å². The standard InChI is InChI=1S/C15H25NO3/c1-3-15(2)8-9-16(10-15)13(17)11-4-6-12(7-5-11)14(18)19/h11-12H,3-10H2,1-2H3,(H,18,19). The van der Waals surface area contributed by atoms with E-state index in [1.165, 1.54) is 0 Å². The molecule has 19 heavy (non-hydrogen) atoms. The van der Waals surface area contributed by atoms with Gasteiger partial charge < -0.3 is 10.0 Å². The zero-order chi connectivity index (χ0) is 14.0. The first-order valence-electron chi connectivity index (χ1n) is 7.47. The molecule has 0 bridgehead atoms. The van der Waals surface area contributed by atoms with Crippen LogP contribution in [0.5, 0.6) is 0 Å². The van der Waals surface area contributed by atoms with Crippen LogP contribution in [-0.4, -0.2) is 35.0 Å². The highest BCUT2D eigenvalue weighted by Gasteiger charge is 2.38. The largest absolute Gasteiger partial charge is 0.481 e. The highest BCUT2D eigenvalue weighted by Crippen LogP contribution is 2.36. The Morgan fingerprint density at radius 1 is 1.21 bits per heavy atom. The van der Waals surface area contributed by atoms with Crippen molar-refractivity contribution in [1.82, 2.24) is 4.90 Å². The molecular formula is C15H25NO3. The predicted octanol–water partition coefficient (Wildman–Crippen LogP) is 2.53. The van der Waals surface area contributed by atoms with Gasteiger partial charge in [-0.2, -0.15) is 0 Å². The molecule has 1 saturated carbocycles. The lowest BCUT2D eigenvalue weighted by molar-refractivity contribution is -0.145. The number of hydrogen-bond acceptors (Lipinski definition) is 2. The lowest BCUT2D eigenvalue weighted by atomic mass is 9.81. The number of rotatable bonds is 3. The van der Waals surface area contributed by atoms with Crippen molar-refractivity contribution in [3.8, 4) is 0 Å².